The molecule has 0 aliphatic heterocycles. The van der Waals surface area contributed by atoms with Gasteiger partial charge in [-0.25, -0.2) is 8.42 Å². The van der Waals surface area contributed by atoms with Crippen LogP contribution in [-0.2, 0) is 20.2 Å². The van der Waals surface area contributed by atoms with Gasteiger partial charge in [-0.3, -0.25) is 4.79 Å². The van der Waals surface area contributed by atoms with Crippen LogP contribution in [0.3, 0.4) is 0 Å². The van der Waals surface area contributed by atoms with Crippen molar-refractivity contribution in [3.05, 3.63) is 65.7 Å². The minimum atomic E-state index is -3.54. The van der Waals surface area contributed by atoms with Gasteiger partial charge in [0.1, 0.15) is 18.4 Å². The van der Waals surface area contributed by atoms with Crippen LogP contribution in [-0.4, -0.2) is 45.1 Å². The maximum Gasteiger partial charge on any atom is 0.243 e. The van der Waals surface area contributed by atoms with Crippen molar-refractivity contribution >= 4 is 15.9 Å². The molecule has 6 nitrogen and oxygen atoms in total. The number of benzene rings is 2. The average Bonchev–Trinajstić information content (AvgIpc) is 2.65. The highest BCUT2D eigenvalue weighted by Crippen LogP contribution is 2.24. The molecule has 2 rings (SSSR count). The molecule has 29 heavy (non-hydrogen) atoms. The summed E-state index contributed by atoms with van der Waals surface area (Å²) in [6.07, 6.45) is 1.08. The second-order valence-corrected chi connectivity index (χ2v) is 10.0. The van der Waals surface area contributed by atoms with Gasteiger partial charge in [-0.05, 0) is 28.7 Å². The van der Waals surface area contributed by atoms with Gasteiger partial charge < -0.3 is 10.1 Å². The summed E-state index contributed by atoms with van der Waals surface area (Å²) in [5.74, 6) is 0.330. The number of ether oxygens (including phenoxy) is 1. The molecule has 2 aromatic rings. The van der Waals surface area contributed by atoms with Crippen molar-refractivity contribution in [1.29, 1.82) is 0 Å². The number of sulfonamides is 1. The Balaban J connectivity index is 1.96. The Morgan fingerprint density at radius 2 is 1.66 bits per heavy atom. The van der Waals surface area contributed by atoms with Crippen LogP contribution in [0.25, 0.3) is 0 Å². The predicted molar refractivity (Wildman–Crippen MR) is 115 cm³/mol. The van der Waals surface area contributed by atoms with Gasteiger partial charge in [0.05, 0.1) is 12.8 Å². The molecule has 2 aromatic carbocycles. The van der Waals surface area contributed by atoms with E-state index in [0.717, 1.165) is 16.3 Å². The van der Waals surface area contributed by atoms with Gasteiger partial charge >= 0.3 is 0 Å². The van der Waals surface area contributed by atoms with Crippen molar-refractivity contribution in [2.24, 2.45) is 0 Å². The molecule has 1 unspecified atom stereocenters. The summed E-state index contributed by atoms with van der Waals surface area (Å²) in [4.78, 5) is 12.7. The van der Waals surface area contributed by atoms with E-state index in [1.54, 1.807) is 24.3 Å². The largest absolute Gasteiger partial charge is 0.492 e. The Bertz CT molecular complexity index is 904. The van der Waals surface area contributed by atoms with Gasteiger partial charge in [-0.1, -0.05) is 63.2 Å². The number of carbonyl (C=O) groups excluding carboxylic acids is 1. The van der Waals surface area contributed by atoms with Gasteiger partial charge in [-0.2, -0.15) is 4.31 Å². The molecule has 1 amide bonds. The Kier molecular flexibility index (Phi) is 7.43. The normalized spacial score (nSPS) is 13.2. The van der Waals surface area contributed by atoms with E-state index < -0.39 is 22.0 Å². The first-order chi connectivity index (χ1) is 13.5. The molecule has 0 spiro atoms. The van der Waals surface area contributed by atoms with Crippen molar-refractivity contribution in [1.82, 2.24) is 9.62 Å². The molecule has 0 bridgehead atoms. The molecular formula is C22H30N2O4S. The zero-order chi connectivity index (χ0) is 21.7. The molecule has 0 aliphatic rings. The fraction of sp³-hybridized carbons (Fsp3) is 0.409. The number of rotatable bonds is 8. The summed E-state index contributed by atoms with van der Waals surface area (Å²) in [5.41, 5.74) is 1.90. The number of hydrogen-bond donors (Lipinski definition) is 1. The molecule has 0 aliphatic carbocycles. The third-order valence-corrected chi connectivity index (χ3v) is 5.90. The number of carbonyl (C=O) groups is 1. The molecule has 0 saturated heterocycles. The van der Waals surface area contributed by atoms with Crippen LogP contribution in [0, 0.1) is 0 Å². The minimum Gasteiger partial charge on any atom is -0.492 e. The van der Waals surface area contributed by atoms with Crippen molar-refractivity contribution in [3.8, 4) is 5.75 Å². The van der Waals surface area contributed by atoms with Crippen LogP contribution in [0.15, 0.2) is 54.6 Å². The molecular weight excluding hydrogens is 388 g/mol. The summed E-state index contributed by atoms with van der Waals surface area (Å²) in [6, 6.07) is 15.8. The van der Waals surface area contributed by atoms with Gasteiger partial charge in [0.15, 0.2) is 0 Å². The fourth-order valence-electron chi connectivity index (χ4n) is 2.84. The lowest BCUT2D eigenvalue weighted by atomic mass is 9.87. The Hall–Kier alpha value is -2.38. The topological polar surface area (TPSA) is 75.7 Å². The molecule has 0 radical (unpaired) electrons. The molecule has 7 heteroatoms. The lowest BCUT2D eigenvalue weighted by Gasteiger charge is -2.25. The van der Waals surface area contributed by atoms with Crippen molar-refractivity contribution < 1.29 is 17.9 Å². The lowest BCUT2D eigenvalue weighted by Crippen LogP contribution is -2.42. The van der Waals surface area contributed by atoms with E-state index in [1.165, 1.54) is 12.6 Å². The highest BCUT2D eigenvalue weighted by molar-refractivity contribution is 7.88. The van der Waals surface area contributed by atoms with Gasteiger partial charge in [0.2, 0.25) is 15.9 Å². The third-order valence-electron chi connectivity index (χ3n) is 4.64. The summed E-state index contributed by atoms with van der Waals surface area (Å²) in [6.45, 7) is 6.99. The second kappa shape index (κ2) is 9.41. The van der Waals surface area contributed by atoms with E-state index in [4.69, 9.17) is 4.74 Å². The van der Waals surface area contributed by atoms with Gasteiger partial charge in [-0.15, -0.1) is 0 Å². The third kappa shape index (κ3) is 6.58. The molecule has 0 aromatic heterocycles. The minimum absolute atomic E-state index is 0.0740. The standard InChI is InChI=1S/C22H30N2O4S/c1-22(2,3)18-11-13-19(14-12-18)28-16-15-23-21(25)20(24(4)29(5,26)27)17-9-7-6-8-10-17/h6-14,20H,15-16H2,1-5H3,(H,23,25). The van der Waals surface area contributed by atoms with Crippen LogP contribution in [0.2, 0.25) is 0 Å². The van der Waals surface area contributed by atoms with E-state index in [1.807, 2.05) is 30.3 Å². The first-order valence-corrected chi connectivity index (χ1v) is 11.3. The maximum absolute atomic E-state index is 12.7. The fourth-order valence-corrected chi connectivity index (χ4v) is 3.44. The monoisotopic (exact) mass is 418 g/mol. The quantitative estimate of drug-likeness (QED) is 0.669. The molecule has 158 valence electrons. The number of hydrogen-bond acceptors (Lipinski definition) is 4. The summed E-state index contributed by atoms with van der Waals surface area (Å²) in [7, 11) is -2.14. The van der Waals surface area contributed by atoms with Gasteiger partial charge in [0, 0.05) is 7.05 Å². The predicted octanol–water partition coefficient (Wildman–Crippen LogP) is 3.11. The summed E-state index contributed by atoms with van der Waals surface area (Å²) in [5, 5.41) is 2.77. The van der Waals surface area contributed by atoms with E-state index in [0.29, 0.717) is 5.56 Å². The smallest absolute Gasteiger partial charge is 0.243 e. The van der Waals surface area contributed by atoms with Crippen LogP contribution < -0.4 is 10.1 Å². The zero-order valence-electron chi connectivity index (χ0n) is 17.7. The number of amides is 1. The average molecular weight is 419 g/mol. The van der Waals surface area contributed by atoms with Crippen molar-refractivity contribution in [2.45, 2.75) is 32.2 Å². The summed E-state index contributed by atoms with van der Waals surface area (Å²) < 4.78 is 30.7. The molecule has 0 saturated carbocycles. The van der Waals surface area contributed by atoms with Gasteiger partial charge in [0.25, 0.3) is 0 Å². The Morgan fingerprint density at radius 1 is 1.07 bits per heavy atom. The Morgan fingerprint density at radius 3 is 2.17 bits per heavy atom. The lowest BCUT2D eigenvalue weighted by molar-refractivity contribution is -0.124. The molecule has 0 heterocycles. The zero-order valence-corrected chi connectivity index (χ0v) is 18.5. The molecule has 0 fully saturated rings. The SMILES string of the molecule is CN(C(C(=O)NCCOc1ccc(C(C)(C)C)cc1)c1ccccc1)S(C)(=O)=O. The maximum atomic E-state index is 12.7. The number of nitrogens with one attached hydrogen (secondary N) is 1. The van der Waals surface area contributed by atoms with E-state index in [9.17, 15) is 13.2 Å². The van der Waals surface area contributed by atoms with E-state index in [-0.39, 0.29) is 18.6 Å². The second-order valence-electron chi connectivity index (χ2n) is 8.01. The van der Waals surface area contributed by atoms with Crippen molar-refractivity contribution in [3.63, 3.8) is 0 Å². The first-order valence-electron chi connectivity index (χ1n) is 9.49. The van der Waals surface area contributed by atoms with Crippen LogP contribution in [0.1, 0.15) is 37.9 Å². The van der Waals surface area contributed by atoms with Crippen molar-refractivity contribution in [2.75, 3.05) is 26.5 Å². The van der Waals surface area contributed by atoms with Crippen LogP contribution >= 0.6 is 0 Å². The molecule has 1 atom stereocenters. The number of nitrogens with zero attached hydrogens (tertiary/aromatic N) is 1. The van der Waals surface area contributed by atoms with Crippen LogP contribution in [0.4, 0.5) is 0 Å². The highest BCUT2D eigenvalue weighted by Gasteiger charge is 2.30. The molecule has 1 N–H and O–H groups in total. The highest BCUT2D eigenvalue weighted by atomic mass is 32.2. The first kappa shape index (κ1) is 22.9. The Labute approximate surface area is 173 Å². The summed E-state index contributed by atoms with van der Waals surface area (Å²) >= 11 is 0. The van der Waals surface area contributed by atoms with E-state index >= 15 is 0 Å². The number of likely N-dealkylation sites (N-methyl/N-ethyl adjacent to an activating group) is 1. The van der Waals surface area contributed by atoms with E-state index in [2.05, 4.69) is 26.1 Å². The van der Waals surface area contributed by atoms with Crippen LogP contribution in [0.5, 0.6) is 5.75 Å².